The molecule has 1 amide bonds. The average molecular weight is 304 g/mol. The lowest BCUT2D eigenvalue weighted by molar-refractivity contribution is -0.142. The van der Waals surface area contributed by atoms with Crippen LogP contribution in [-0.4, -0.2) is 23.0 Å². The van der Waals surface area contributed by atoms with Crippen molar-refractivity contribution < 1.29 is 14.7 Å². The predicted molar refractivity (Wildman–Crippen MR) is 76.7 cm³/mol. The summed E-state index contributed by atoms with van der Waals surface area (Å²) in [5.74, 6) is -1.20. The second kappa shape index (κ2) is 8.17. The number of carbonyl (C=O) groups is 2. The predicted octanol–water partition coefficient (Wildman–Crippen LogP) is 3.09. The standard InChI is InChI=1S/C13H18ClNO3S/c1-2-3-4-10(13(17)18)15-12(16)8-6-9-5-7-11(14)19-9/h5,7,10H,2-4,6,8H2,1H3,(H,15,16)(H,17,18). The van der Waals surface area contributed by atoms with Gasteiger partial charge in [0, 0.05) is 11.3 Å². The molecule has 2 N–H and O–H groups in total. The summed E-state index contributed by atoms with van der Waals surface area (Å²) in [4.78, 5) is 23.7. The van der Waals surface area contributed by atoms with E-state index in [4.69, 9.17) is 16.7 Å². The maximum atomic E-state index is 11.7. The first-order valence-electron chi connectivity index (χ1n) is 6.29. The van der Waals surface area contributed by atoms with Crippen LogP contribution >= 0.6 is 22.9 Å². The molecule has 1 heterocycles. The number of thiophene rings is 1. The Morgan fingerprint density at radius 2 is 2.21 bits per heavy atom. The van der Waals surface area contributed by atoms with Crippen LogP contribution in [0.4, 0.5) is 0 Å². The highest BCUT2D eigenvalue weighted by Gasteiger charge is 2.18. The minimum Gasteiger partial charge on any atom is -0.480 e. The molecule has 1 unspecified atom stereocenters. The van der Waals surface area contributed by atoms with Gasteiger partial charge in [0.1, 0.15) is 6.04 Å². The monoisotopic (exact) mass is 303 g/mol. The van der Waals surface area contributed by atoms with Gasteiger partial charge in [-0.25, -0.2) is 4.79 Å². The van der Waals surface area contributed by atoms with Crippen molar-refractivity contribution in [3.8, 4) is 0 Å². The zero-order valence-corrected chi connectivity index (χ0v) is 12.4. The van der Waals surface area contributed by atoms with E-state index in [-0.39, 0.29) is 12.3 Å². The third kappa shape index (κ3) is 6.07. The highest BCUT2D eigenvalue weighted by atomic mass is 35.5. The Morgan fingerprint density at radius 3 is 2.74 bits per heavy atom. The number of carbonyl (C=O) groups excluding carboxylic acids is 1. The van der Waals surface area contributed by atoms with Gasteiger partial charge in [-0.15, -0.1) is 11.3 Å². The summed E-state index contributed by atoms with van der Waals surface area (Å²) in [5.41, 5.74) is 0. The summed E-state index contributed by atoms with van der Waals surface area (Å²) in [5, 5.41) is 11.6. The van der Waals surface area contributed by atoms with Crippen LogP contribution in [0, 0.1) is 0 Å². The third-order valence-electron chi connectivity index (χ3n) is 2.71. The lowest BCUT2D eigenvalue weighted by Crippen LogP contribution is -2.40. The van der Waals surface area contributed by atoms with Gasteiger partial charge in [-0.3, -0.25) is 4.79 Å². The number of carboxylic acid groups (broad SMARTS) is 1. The van der Waals surface area contributed by atoms with Gasteiger partial charge in [-0.05, 0) is 25.0 Å². The lowest BCUT2D eigenvalue weighted by Gasteiger charge is -2.13. The first-order valence-corrected chi connectivity index (χ1v) is 7.48. The molecular formula is C13H18ClNO3S. The first kappa shape index (κ1) is 16.0. The van der Waals surface area contributed by atoms with Crippen LogP contribution in [0.1, 0.15) is 37.5 Å². The van der Waals surface area contributed by atoms with Gasteiger partial charge >= 0.3 is 5.97 Å². The number of amides is 1. The molecule has 6 heteroatoms. The molecule has 4 nitrogen and oxygen atoms in total. The maximum Gasteiger partial charge on any atom is 0.326 e. The number of hydrogen-bond acceptors (Lipinski definition) is 3. The van der Waals surface area contributed by atoms with Crippen LogP contribution in [0.3, 0.4) is 0 Å². The molecule has 19 heavy (non-hydrogen) atoms. The normalized spacial score (nSPS) is 12.1. The van der Waals surface area contributed by atoms with Crippen molar-refractivity contribution in [1.29, 1.82) is 0 Å². The third-order valence-corrected chi connectivity index (χ3v) is 4.00. The molecular weight excluding hydrogens is 286 g/mol. The summed E-state index contributed by atoms with van der Waals surface area (Å²) in [7, 11) is 0. The molecule has 0 saturated carbocycles. The summed E-state index contributed by atoms with van der Waals surface area (Å²) >= 11 is 7.24. The van der Waals surface area contributed by atoms with Gasteiger partial charge in [0.25, 0.3) is 0 Å². The van der Waals surface area contributed by atoms with Crippen molar-refractivity contribution in [2.45, 2.75) is 45.1 Å². The van der Waals surface area contributed by atoms with E-state index in [9.17, 15) is 9.59 Å². The van der Waals surface area contributed by atoms with Crippen molar-refractivity contribution in [1.82, 2.24) is 5.32 Å². The van der Waals surface area contributed by atoms with Gasteiger partial charge in [-0.2, -0.15) is 0 Å². The SMILES string of the molecule is CCCCC(NC(=O)CCc1ccc(Cl)s1)C(=O)O. The molecule has 0 bridgehead atoms. The molecule has 0 aromatic carbocycles. The van der Waals surface area contributed by atoms with E-state index in [1.807, 2.05) is 13.0 Å². The van der Waals surface area contributed by atoms with Crippen molar-refractivity contribution in [3.63, 3.8) is 0 Å². The number of nitrogens with one attached hydrogen (secondary N) is 1. The molecule has 0 saturated heterocycles. The quantitative estimate of drug-likeness (QED) is 0.775. The molecule has 0 fully saturated rings. The van der Waals surface area contributed by atoms with Crippen LogP contribution < -0.4 is 5.32 Å². The molecule has 1 atom stereocenters. The van der Waals surface area contributed by atoms with E-state index in [1.54, 1.807) is 6.07 Å². The zero-order valence-electron chi connectivity index (χ0n) is 10.8. The smallest absolute Gasteiger partial charge is 0.326 e. The van der Waals surface area contributed by atoms with Crippen molar-refractivity contribution in [2.24, 2.45) is 0 Å². The van der Waals surface area contributed by atoms with E-state index in [1.165, 1.54) is 11.3 Å². The first-order chi connectivity index (χ1) is 9.02. The number of unbranched alkanes of at least 4 members (excludes halogenated alkanes) is 1. The van der Waals surface area contributed by atoms with Crippen LogP contribution in [0.15, 0.2) is 12.1 Å². The summed E-state index contributed by atoms with van der Waals surface area (Å²) in [6.07, 6.45) is 3.05. The number of aliphatic carboxylic acids is 1. The fourth-order valence-electron chi connectivity index (χ4n) is 1.65. The van der Waals surface area contributed by atoms with E-state index < -0.39 is 12.0 Å². The number of halogens is 1. The molecule has 0 aliphatic heterocycles. The number of aryl methyl sites for hydroxylation is 1. The van der Waals surface area contributed by atoms with Crippen molar-refractivity contribution in [3.05, 3.63) is 21.3 Å². The molecule has 0 aliphatic carbocycles. The van der Waals surface area contributed by atoms with E-state index in [0.29, 0.717) is 17.2 Å². The van der Waals surface area contributed by atoms with Crippen LogP contribution in [0.25, 0.3) is 0 Å². The molecule has 106 valence electrons. The Balaban J connectivity index is 2.37. The number of carboxylic acids is 1. The molecule has 0 radical (unpaired) electrons. The second-order valence-electron chi connectivity index (χ2n) is 4.31. The van der Waals surface area contributed by atoms with Gasteiger partial charge in [0.05, 0.1) is 4.34 Å². The topological polar surface area (TPSA) is 66.4 Å². The molecule has 1 rings (SSSR count). The van der Waals surface area contributed by atoms with Crippen molar-refractivity contribution >= 4 is 34.8 Å². The zero-order chi connectivity index (χ0) is 14.3. The summed E-state index contributed by atoms with van der Waals surface area (Å²) in [6.45, 7) is 1.99. The highest BCUT2D eigenvalue weighted by molar-refractivity contribution is 7.16. The van der Waals surface area contributed by atoms with Crippen LogP contribution in [0.2, 0.25) is 4.34 Å². The molecule has 0 aliphatic rings. The largest absolute Gasteiger partial charge is 0.480 e. The highest BCUT2D eigenvalue weighted by Crippen LogP contribution is 2.22. The minimum atomic E-state index is -0.971. The Hall–Kier alpha value is -1.07. The molecule has 1 aromatic rings. The average Bonchev–Trinajstić information content (AvgIpc) is 2.77. The van der Waals surface area contributed by atoms with Crippen molar-refractivity contribution in [2.75, 3.05) is 0 Å². The number of rotatable bonds is 8. The fraction of sp³-hybridized carbons (Fsp3) is 0.538. The molecule has 0 spiro atoms. The number of hydrogen-bond donors (Lipinski definition) is 2. The van der Waals surface area contributed by atoms with Crippen LogP contribution in [0.5, 0.6) is 0 Å². The molecule has 1 aromatic heterocycles. The second-order valence-corrected chi connectivity index (χ2v) is 6.11. The lowest BCUT2D eigenvalue weighted by atomic mass is 10.1. The van der Waals surface area contributed by atoms with Gasteiger partial charge < -0.3 is 10.4 Å². The summed E-state index contributed by atoms with van der Waals surface area (Å²) in [6, 6.07) is 2.90. The Labute approximate surface area is 121 Å². The maximum absolute atomic E-state index is 11.7. The van der Waals surface area contributed by atoms with Gasteiger partial charge in [0.15, 0.2) is 0 Å². The Morgan fingerprint density at radius 1 is 1.47 bits per heavy atom. The van der Waals surface area contributed by atoms with Crippen LogP contribution in [-0.2, 0) is 16.0 Å². The Kier molecular flexibility index (Phi) is 6.87. The van der Waals surface area contributed by atoms with E-state index in [0.717, 1.165) is 17.7 Å². The fourth-order valence-corrected chi connectivity index (χ4v) is 2.74. The van der Waals surface area contributed by atoms with E-state index >= 15 is 0 Å². The summed E-state index contributed by atoms with van der Waals surface area (Å²) < 4.78 is 0.696. The van der Waals surface area contributed by atoms with E-state index in [2.05, 4.69) is 5.32 Å². The van der Waals surface area contributed by atoms with Gasteiger partial charge in [-0.1, -0.05) is 31.4 Å². The van der Waals surface area contributed by atoms with Gasteiger partial charge in [0.2, 0.25) is 5.91 Å². The minimum absolute atomic E-state index is 0.229. The Bertz CT molecular complexity index is 433.